The van der Waals surface area contributed by atoms with Gasteiger partial charge in [-0.15, -0.1) is 0 Å². The lowest BCUT2D eigenvalue weighted by Gasteiger charge is -2.27. The SMILES string of the molecule is CC(NC(=O)C(C)NC1CCCCC1)C(=O)NC([C]=O)CCCNC(=N)N. The first-order valence-electron chi connectivity index (χ1n) is 9.65. The molecular formula is C18H33N6O3. The Morgan fingerprint density at radius 3 is 2.33 bits per heavy atom. The minimum Gasteiger partial charge on any atom is -0.370 e. The second kappa shape index (κ2) is 12.3. The molecule has 0 aromatic heterocycles. The lowest BCUT2D eigenvalue weighted by molar-refractivity contribution is -0.129. The van der Waals surface area contributed by atoms with E-state index in [9.17, 15) is 14.4 Å². The maximum atomic E-state index is 12.3. The van der Waals surface area contributed by atoms with E-state index >= 15 is 0 Å². The molecule has 0 aromatic carbocycles. The summed E-state index contributed by atoms with van der Waals surface area (Å²) in [6.07, 6.45) is 8.45. The van der Waals surface area contributed by atoms with E-state index in [1.54, 1.807) is 20.1 Å². The Morgan fingerprint density at radius 2 is 1.74 bits per heavy atom. The van der Waals surface area contributed by atoms with Crippen molar-refractivity contribution in [1.29, 1.82) is 5.41 Å². The first-order valence-corrected chi connectivity index (χ1v) is 9.65. The number of nitrogens with two attached hydrogens (primary N) is 1. The van der Waals surface area contributed by atoms with Gasteiger partial charge in [0.25, 0.3) is 0 Å². The van der Waals surface area contributed by atoms with Gasteiger partial charge in [0.15, 0.2) is 5.96 Å². The van der Waals surface area contributed by atoms with Crippen LogP contribution in [0.1, 0.15) is 58.8 Å². The van der Waals surface area contributed by atoms with Gasteiger partial charge in [-0.3, -0.25) is 19.8 Å². The normalized spacial score (nSPS) is 18.0. The molecule has 2 amide bonds. The molecule has 3 atom stereocenters. The van der Waals surface area contributed by atoms with Crippen molar-refractivity contribution in [2.45, 2.75) is 83.0 Å². The van der Waals surface area contributed by atoms with Crippen molar-refractivity contribution >= 4 is 24.1 Å². The van der Waals surface area contributed by atoms with Gasteiger partial charge in [-0.05, 0) is 39.5 Å². The summed E-state index contributed by atoms with van der Waals surface area (Å²) in [5, 5.41) is 18.2. The minimum atomic E-state index is -0.761. The van der Waals surface area contributed by atoms with Gasteiger partial charge in [0.05, 0.1) is 12.1 Å². The molecule has 153 valence electrons. The second-order valence-corrected chi connectivity index (χ2v) is 7.12. The van der Waals surface area contributed by atoms with E-state index in [1.165, 1.54) is 19.3 Å². The summed E-state index contributed by atoms with van der Waals surface area (Å²) in [6.45, 7) is 3.80. The molecule has 3 unspecified atom stereocenters. The van der Waals surface area contributed by atoms with Gasteiger partial charge in [0, 0.05) is 12.6 Å². The van der Waals surface area contributed by atoms with Gasteiger partial charge in [-0.2, -0.15) is 0 Å². The molecule has 1 aliphatic rings. The van der Waals surface area contributed by atoms with Crippen LogP contribution in [0.25, 0.3) is 0 Å². The van der Waals surface area contributed by atoms with Gasteiger partial charge in [-0.1, -0.05) is 19.3 Å². The molecule has 7 N–H and O–H groups in total. The van der Waals surface area contributed by atoms with E-state index in [4.69, 9.17) is 11.1 Å². The predicted molar refractivity (Wildman–Crippen MR) is 104 cm³/mol. The van der Waals surface area contributed by atoms with Crippen molar-refractivity contribution in [1.82, 2.24) is 21.3 Å². The molecule has 0 heterocycles. The van der Waals surface area contributed by atoms with E-state index in [-0.39, 0.29) is 17.9 Å². The average molecular weight is 382 g/mol. The van der Waals surface area contributed by atoms with Crippen LogP contribution in [0.4, 0.5) is 0 Å². The third-order valence-electron chi connectivity index (χ3n) is 4.68. The van der Waals surface area contributed by atoms with Crippen molar-refractivity contribution in [3.8, 4) is 0 Å². The van der Waals surface area contributed by atoms with Gasteiger partial charge < -0.3 is 27.0 Å². The molecule has 9 nitrogen and oxygen atoms in total. The van der Waals surface area contributed by atoms with Crippen LogP contribution < -0.4 is 27.0 Å². The molecule has 27 heavy (non-hydrogen) atoms. The topological polar surface area (TPSA) is 149 Å². The smallest absolute Gasteiger partial charge is 0.242 e. The Bertz CT molecular complexity index is 507. The molecule has 0 spiro atoms. The maximum absolute atomic E-state index is 12.3. The molecule has 1 rings (SSSR count). The standard InChI is InChI=1S/C18H33N6O3/c1-12(22-14-7-4-3-5-8-14)16(26)23-13(2)17(27)24-15(11-25)9-6-10-21-18(19)20/h12-15,22H,3-10H2,1-2H3,(H,23,26)(H,24,27)(H4,19,20,21). The number of guanidine groups is 1. The van der Waals surface area contributed by atoms with Gasteiger partial charge in [0.2, 0.25) is 18.1 Å². The zero-order chi connectivity index (χ0) is 20.2. The van der Waals surface area contributed by atoms with E-state index < -0.39 is 18.0 Å². The first-order chi connectivity index (χ1) is 12.8. The fraction of sp³-hybridized carbons (Fsp3) is 0.778. The van der Waals surface area contributed by atoms with Crippen LogP contribution in [0.15, 0.2) is 0 Å². The van der Waals surface area contributed by atoms with Gasteiger partial charge >= 0.3 is 0 Å². The minimum absolute atomic E-state index is 0.141. The van der Waals surface area contributed by atoms with E-state index in [2.05, 4.69) is 21.3 Å². The van der Waals surface area contributed by atoms with E-state index in [0.29, 0.717) is 25.4 Å². The summed E-state index contributed by atoms with van der Waals surface area (Å²) in [5.74, 6) is -0.806. The van der Waals surface area contributed by atoms with Crippen molar-refractivity contribution in [2.75, 3.05) is 6.54 Å². The van der Waals surface area contributed by atoms with Crippen LogP contribution in [-0.4, -0.2) is 54.8 Å². The highest BCUT2D eigenvalue weighted by Gasteiger charge is 2.24. The summed E-state index contributed by atoms with van der Waals surface area (Å²) in [6, 6.07) is -1.54. The third-order valence-corrected chi connectivity index (χ3v) is 4.68. The Hall–Kier alpha value is -2.16. The summed E-state index contributed by atoms with van der Waals surface area (Å²) >= 11 is 0. The fourth-order valence-electron chi connectivity index (χ4n) is 3.09. The van der Waals surface area contributed by atoms with Crippen molar-refractivity contribution in [2.24, 2.45) is 5.73 Å². The van der Waals surface area contributed by atoms with Gasteiger partial charge in [0.1, 0.15) is 6.04 Å². The number of hydrogen-bond donors (Lipinski definition) is 6. The van der Waals surface area contributed by atoms with Crippen LogP contribution >= 0.6 is 0 Å². The fourth-order valence-corrected chi connectivity index (χ4v) is 3.09. The number of amides is 2. The maximum Gasteiger partial charge on any atom is 0.242 e. The van der Waals surface area contributed by atoms with Crippen molar-refractivity contribution < 1.29 is 14.4 Å². The highest BCUT2D eigenvalue weighted by molar-refractivity contribution is 5.90. The molecule has 0 bridgehead atoms. The summed E-state index contributed by atoms with van der Waals surface area (Å²) in [4.78, 5) is 35.5. The van der Waals surface area contributed by atoms with Crippen molar-refractivity contribution in [3.05, 3.63) is 0 Å². The molecule has 1 aliphatic carbocycles. The molecule has 0 aromatic rings. The molecule has 9 heteroatoms. The Balaban J connectivity index is 2.34. The Morgan fingerprint density at radius 1 is 1.11 bits per heavy atom. The van der Waals surface area contributed by atoms with Crippen LogP contribution in [0.2, 0.25) is 0 Å². The van der Waals surface area contributed by atoms with Crippen molar-refractivity contribution in [3.63, 3.8) is 0 Å². The van der Waals surface area contributed by atoms with Crippen LogP contribution in [0.5, 0.6) is 0 Å². The highest BCUT2D eigenvalue weighted by atomic mass is 16.2. The molecule has 0 aliphatic heterocycles. The summed E-state index contributed by atoms with van der Waals surface area (Å²) < 4.78 is 0. The second-order valence-electron chi connectivity index (χ2n) is 7.12. The van der Waals surface area contributed by atoms with E-state index in [0.717, 1.165) is 12.8 Å². The predicted octanol–water partition coefficient (Wildman–Crippen LogP) is -0.340. The van der Waals surface area contributed by atoms with Crippen LogP contribution in [-0.2, 0) is 14.4 Å². The molecule has 0 saturated heterocycles. The summed E-state index contributed by atoms with van der Waals surface area (Å²) in [5.41, 5.74) is 5.17. The Labute approximate surface area is 161 Å². The lowest BCUT2D eigenvalue weighted by Crippen LogP contribution is -2.54. The first kappa shape index (κ1) is 22.9. The number of carbonyl (C=O) groups excluding carboxylic acids is 3. The lowest BCUT2D eigenvalue weighted by atomic mass is 9.95. The molecule has 1 fully saturated rings. The number of hydrogen-bond acceptors (Lipinski definition) is 5. The zero-order valence-corrected chi connectivity index (χ0v) is 16.3. The molecular weight excluding hydrogens is 348 g/mol. The number of rotatable bonds is 11. The largest absolute Gasteiger partial charge is 0.370 e. The average Bonchev–Trinajstić information content (AvgIpc) is 2.64. The monoisotopic (exact) mass is 381 g/mol. The highest BCUT2D eigenvalue weighted by Crippen LogP contribution is 2.17. The Kier molecular flexibility index (Phi) is 10.4. The molecule has 1 saturated carbocycles. The van der Waals surface area contributed by atoms with Gasteiger partial charge in [-0.25, -0.2) is 0 Å². The van der Waals surface area contributed by atoms with Crippen LogP contribution in [0, 0.1) is 5.41 Å². The number of carbonyl (C=O) groups is 2. The summed E-state index contributed by atoms with van der Waals surface area (Å²) in [7, 11) is 0. The third kappa shape index (κ3) is 9.37. The molecule has 1 radical (unpaired) electrons. The van der Waals surface area contributed by atoms with E-state index in [1.807, 2.05) is 0 Å². The number of nitrogens with one attached hydrogen (secondary N) is 5. The quantitative estimate of drug-likeness (QED) is 0.164. The zero-order valence-electron chi connectivity index (χ0n) is 16.3. The van der Waals surface area contributed by atoms with Crippen LogP contribution in [0.3, 0.4) is 0 Å².